The van der Waals surface area contributed by atoms with Gasteiger partial charge in [0.1, 0.15) is 0 Å². The van der Waals surface area contributed by atoms with Crippen LogP contribution >= 0.6 is 0 Å². The zero-order valence-electron chi connectivity index (χ0n) is 7.62. The first kappa shape index (κ1) is 8.54. The molecule has 0 aromatic carbocycles. The minimum Gasteiger partial charge on any atom is -0.306 e. The van der Waals surface area contributed by atoms with Crippen molar-refractivity contribution in [2.45, 2.75) is 19.4 Å². The van der Waals surface area contributed by atoms with Crippen molar-refractivity contribution in [2.24, 2.45) is 5.92 Å². The second-order valence-corrected chi connectivity index (χ2v) is 3.29. The molecule has 11 heavy (non-hydrogen) atoms. The molecule has 0 saturated carbocycles. The highest BCUT2D eigenvalue weighted by Gasteiger charge is 2.17. The van der Waals surface area contributed by atoms with E-state index in [1.54, 1.807) is 0 Å². The van der Waals surface area contributed by atoms with Crippen LogP contribution in [0.3, 0.4) is 0 Å². The van der Waals surface area contributed by atoms with Gasteiger partial charge in [0.2, 0.25) is 0 Å². The molecule has 0 amide bonds. The molecule has 62 valence electrons. The number of nitrogens with zero attached hydrogens (tertiary/aromatic N) is 1. The number of hydrogen-bond acceptors (Lipinski definition) is 1. The monoisotopic (exact) mass is 151 g/mol. The van der Waals surface area contributed by atoms with Gasteiger partial charge in [0, 0.05) is 12.0 Å². The summed E-state index contributed by atoms with van der Waals surface area (Å²) in [4.78, 5) is 2.30. The molecule has 0 radical (unpaired) electrons. The Labute approximate surface area is 69.4 Å². The number of hydrogen-bond donors (Lipinski definition) is 0. The molecule has 1 aliphatic carbocycles. The van der Waals surface area contributed by atoms with Gasteiger partial charge in [0.05, 0.1) is 0 Å². The summed E-state index contributed by atoms with van der Waals surface area (Å²) in [5.41, 5.74) is 0. The largest absolute Gasteiger partial charge is 0.306 e. The molecule has 0 spiro atoms. The molecule has 0 unspecified atom stereocenters. The van der Waals surface area contributed by atoms with E-state index in [0.29, 0.717) is 12.0 Å². The van der Waals surface area contributed by atoms with Crippen LogP contribution in [0.25, 0.3) is 0 Å². The Kier molecular flexibility index (Phi) is 2.89. The van der Waals surface area contributed by atoms with Gasteiger partial charge in [-0.3, -0.25) is 0 Å². The predicted molar refractivity (Wildman–Crippen MR) is 49.5 cm³/mol. The van der Waals surface area contributed by atoms with Crippen LogP contribution in [0.1, 0.15) is 13.3 Å². The van der Waals surface area contributed by atoms with Crippen LogP contribution in [0, 0.1) is 5.92 Å². The molecule has 0 bridgehead atoms. The van der Waals surface area contributed by atoms with E-state index >= 15 is 0 Å². The van der Waals surface area contributed by atoms with Crippen LogP contribution in [-0.2, 0) is 0 Å². The maximum absolute atomic E-state index is 2.30. The summed E-state index contributed by atoms with van der Waals surface area (Å²) in [7, 11) is 4.29. The fraction of sp³-hybridized carbons (Fsp3) is 0.600. The molecule has 0 N–H and O–H groups in total. The topological polar surface area (TPSA) is 3.24 Å². The molecule has 0 aromatic rings. The van der Waals surface area contributed by atoms with Crippen molar-refractivity contribution in [2.75, 3.05) is 14.1 Å². The van der Waals surface area contributed by atoms with E-state index in [0.717, 1.165) is 0 Å². The van der Waals surface area contributed by atoms with E-state index in [-0.39, 0.29) is 0 Å². The summed E-state index contributed by atoms with van der Waals surface area (Å²) >= 11 is 0. The van der Waals surface area contributed by atoms with Crippen LogP contribution in [-0.4, -0.2) is 25.0 Å². The predicted octanol–water partition coefficient (Wildman–Crippen LogP) is 2.07. The Bertz CT molecular complexity index is 156. The van der Waals surface area contributed by atoms with Crippen LogP contribution in [0.15, 0.2) is 24.3 Å². The average Bonchev–Trinajstić information content (AvgIpc) is 2.40. The molecule has 1 heteroatoms. The fourth-order valence-electron chi connectivity index (χ4n) is 1.69. The van der Waals surface area contributed by atoms with Crippen molar-refractivity contribution < 1.29 is 0 Å². The molecule has 0 saturated heterocycles. The Balaban J connectivity index is 2.55. The van der Waals surface area contributed by atoms with Gasteiger partial charge in [-0.25, -0.2) is 0 Å². The standard InChI is InChI=1S/C10H17N/c1-4-10(11(2)3)9-7-5-6-8-9/h5-10H,4H2,1-3H3/t10-/m1/s1. The summed E-state index contributed by atoms with van der Waals surface area (Å²) in [6.07, 6.45) is 10.0. The molecule has 0 aromatic heterocycles. The summed E-state index contributed by atoms with van der Waals surface area (Å²) < 4.78 is 0. The molecular weight excluding hydrogens is 134 g/mol. The molecule has 1 nitrogen and oxygen atoms in total. The zero-order chi connectivity index (χ0) is 8.27. The van der Waals surface area contributed by atoms with Gasteiger partial charge in [-0.2, -0.15) is 0 Å². The van der Waals surface area contributed by atoms with Crippen molar-refractivity contribution in [1.29, 1.82) is 0 Å². The molecule has 0 heterocycles. The van der Waals surface area contributed by atoms with Crippen LogP contribution in [0.5, 0.6) is 0 Å². The van der Waals surface area contributed by atoms with E-state index in [4.69, 9.17) is 0 Å². The van der Waals surface area contributed by atoms with Crippen LogP contribution < -0.4 is 0 Å². The third-order valence-corrected chi connectivity index (χ3v) is 2.30. The van der Waals surface area contributed by atoms with E-state index in [1.165, 1.54) is 6.42 Å². The van der Waals surface area contributed by atoms with E-state index < -0.39 is 0 Å². The molecule has 1 aliphatic rings. The van der Waals surface area contributed by atoms with Crippen molar-refractivity contribution in [1.82, 2.24) is 4.90 Å². The Hall–Kier alpha value is -0.560. The van der Waals surface area contributed by atoms with Crippen molar-refractivity contribution in [3.05, 3.63) is 24.3 Å². The highest BCUT2D eigenvalue weighted by molar-refractivity contribution is 5.19. The van der Waals surface area contributed by atoms with Gasteiger partial charge in [-0.1, -0.05) is 31.2 Å². The molecule has 1 atom stereocenters. The Morgan fingerprint density at radius 3 is 2.18 bits per heavy atom. The highest BCUT2D eigenvalue weighted by atomic mass is 15.1. The van der Waals surface area contributed by atoms with Gasteiger partial charge in [-0.15, -0.1) is 0 Å². The second-order valence-electron chi connectivity index (χ2n) is 3.29. The van der Waals surface area contributed by atoms with Crippen LogP contribution in [0.2, 0.25) is 0 Å². The number of allylic oxidation sites excluding steroid dienone is 2. The second kappa shape index (κ2) is 3.72. The first-order valence-corrected chi connectivity index (χ1v) is 4.27. The van der Waals surface area contributed by atoms with Gasteiger partial charge >= 0.3 is 0 Å². The normalized spacial score (nSPS) is 20.0. The summed E-state index contributed by atoms with van der Waals surface area (Å²) in [6.45, 7) is 2.24. The quantitative estimate of drug-likeness (QED) is 0.597. The number of rotatable bonds is 3. The van der Waals surface area contributed by atoms with Gasteiger partial charge in [0.15, 0.2) is 0 Å². The van der Waals surface area contributed by atoms with Crippen molar-refractivity contribution >= 4 is 0 Å². The first-order valence-electron chi connectivity index (χ1n) is 4.27. The van der Waals surface area contributed by atoms with Gasteiger partial charge < -0.3 is 4.90 Å². The maximum atomic E-state index is 2.30. The minimum absolute atomic E-state index is 0.634. The summed E-state index contributed by atoms with van der Waals surface area (Å²) in [5, 5.41) is 0. The van der Waals surface area contributed by atoms with Gasteiger partial charge in [0.25, 0.3) is 0 Å². The third-order valence-electron chi connectivity index (χ3n) is 2.30. The zero-order valence-corrected chi connectivity index (χ0v) is 7.62. The Morgan fingerprint density at radius 2 is 1.82 bits per heavy atom. The lowest BCUT2D eigenvalue weighted by Crippen LogP contribution is -2.32. The smallest absolute Gasteiger partial charge is 0.0184 e. The molecular formula is C10H17N. The highest BCUT2D eigenvalue weighted by Crippen LogP contribution is 2.19. The van der Waals surface area contributed by atoms with E-state index in [1.807, 2.05) is 0 Å². The minimum atomic E-state index is 0.634. The molecule has 0 fully saturated rings. The summed E-state index contributed by atoms with van der Waals surface area (Å²) in [6, 6.07) is 0.671. The lowest BCUT2D eigenvalue weighted by atomic mass is 9.98. The molecule has 0 aliphatic heterocycles. The van der Waals surface area contributed by atoms with Crippen LogP contribution in [0.4, 0.5) is 0 Å². The van der Waals surface area contributed by atoms with Gasteiger partial charge in [-0.05, 0) is 20.5 Å². The summed E-state index contributed by atoms with van der Waals surface area (Å²) in [5.74, 6) is 0.634. The lowest BCUT2D eigenvalue weighted by Gasteiger charge is -2.26. The maximum Gasteiger partial charge on any atom is 0.0184 e. The SMILES string of the molecule is CC[C@H](C1C=CC=C1)N(C)C. The Morgan fingerprint density at radius 1 is 1.27 bits per heavy atom. The third kappa shape index (κ3) is 1.93. The lowest BCUT2D eigenvalue weighted by molar-refractivity contribution is 0.255. The fourth-order valence-corrected chi connectivity index (χ4v) is 1.69. The average molecular weight is 151 g/mol. The van der Waals surface area contributed by atoms with E-state index in [9.17, 15) is 0 Å². The van der Waals surface area contributed by atoms with E-state index in [2.05, 4.69) is 50.2 Å². The van der Waals surface area contributed by atoms with Crippen molar-refractivity contribution in [3.8, 4) is 0 Å². The first-order chi connectivity index (χ1) is 5.25. The van der Waals surface area contributed by atoms with Crippen molar-refractivity contribution in [3.63, 3.8) is 0 Å². The molecule has 1 rings (SSSR count).